The van der Waals surface area contributed by atoms with Crippen molar-refractivity contribution < 1.29 is 13.6 Å². The van der Waals surface area contributed by atoms with Crippen molar-refractivity contribution in [2.24, 2.45) is 0 Å². The third-order valence-electron chi connectivity index (χ3n) is 3.73. The average molecular weight is 419 g/mol. The predicted molar refractivity (Wildman–Crippen MR) is 108 cm³/mol. The Morgan fingerprint density at radius 1 is 1.25 bits per heavy atom. The van der Waals surface area contributed by atoms with E-state index in [0.717, 1.165) is 32.1 Å². The van der Waals surface area contributed by atoms with Crippen LogP contribution in [0.25, 0.3) is 0 Å². The number of hydrogen-bond donors (Lipinski definition) is 0. The van der Waals surface area contributed by atoms with E-state index in [4.69, 9.17) is 11.6 Å². The molecule has 1 amide bonds. The van der Waals surface area contributed by atoms with Crippen molar-refractivity contribution in [1.29, 1.82) is 0 Å². The lowest BCUT2D eigenvalue weighted by Gasteiger charge is -2.35. The van der Waals surface area contributed by atoms with Crippen LogP contribution in [0.5, 0.6) is 0 Å². The minimum Gasteiger partial charge on any atom is -0.275 e. The summed E-state index contributed by atoms with van der Waals surface area (Å²) in [5.41, 5.74) is 0. The lowest BCUT2D eigenvalue weighted by atomic mass is 10.2. The molecule has 3 atom stereocenters. The second kappa shape index (κ2) is 12.7. The molecule has 3 unspecified atom stereocenters. The summed E-state index contributed by atoms with van der Waals surface area (Å²) in [6, 6.07) is 0. The van der Waals surface area contributed by atoms with Gasteiger partial charge < -0.3 is 0 Å². The number of amides is 1. The largest absolute Gasteiger partial charge is 0.298 e. The van der Waals surface area contributed by atoms with Gasteiger partial charge in [0.2, 0.25) is 5.91 Å². The Kier molecular flexibility index (Phi) is 13.0. The highest BCUT2D eigenvalue weighted by molar-refractivity contribution is 8.57. The first kappa shape index (κ1) is 24.5. The Balaban J connectivity index is 4.97. The summed E-state index contributed by atoms with van der Waals surface area (Å²) in [6.07, 6.45) is 5.09. The van der Waals surface area contributed by atoms with Crippen molar-refractivity contribution in [3.63, 3.8) is 0 Å². The number of carbonyl (C=O) groups excluding carboxylic acids is 1. The number of unbranched alkanes of at least 4 members (excludes halogenated alkanes) is 3. The summed E-state index contributed by atoms with van der Waals surface area (Å²) in [7, 11) is 2.11. The summed E-state index contributed by atoms with van der Waals surface area (Å²) < 4.78 is 28.6. The van der Waals surface area contributed by atoms with Crippen LogP contribution in [-0.2, 0) is 20.2 Å². The van der Waals surface area contributed by atoms with Crippen LogP contribution >= 0.6 is 29.6 Å². The predicted octanol–water partition coefficient (Wildman–Crippen LogP) is 4.54. The maximum absolute atomic E-state index is 13.5. The summed E-state index contributed by atoms with van der Waals surface area (Å²) in [6.45, 7) is 2.94. The third kappa shape index (κ3) is 8.22. The standard InChI is InChI=1S/C15H32ClN2O3PS2/c1-6-8-9-10-11-24(21)13-17(4)22(20,23-14(3)7-2)18(5)15(19)12-16/h14H,6-13H2,1-5H3. The summed E-state index contributed by atoms with van der Waals surface area (Å²) in [5.74, 6) is 0.213. The van der Waals surface area contributed by atoms with E-state index in [9.17, 15) is 13.6 Å². The molecule has 0 aliphatic heterocycles. The Morgan fingerprint density at radius 2 is 1.88 bits per heavy atom. The van der Waals surface area contributed by atoms with E-state index >= 15 is 0 Å². The van der Waals surface area contributed by atoms with Crippen LogP contribution in [0.15, 0.2) is 0 Å². The maximum atomic E-state index is 13.5. The Bertz CT molecular complexity index is 454. The van der Waals surface area contributed by atoms with E-state index in [1.807, 2.05) is 13.8 Å². The molecule has 0 saturated carbocycles. The van der Waals surface area contributed by atoms with E-state index in [1.54, 1.807) is 11.7 Å². The van der Waals surface area contributed by atoms with Crippen LogP contribution in [0.2, 0.25) is 0 Å². The van der Waals surface area contributed by atoms with E-state index < -0.39 is 17.4 Å². The van der Waals surface area contributed by atoms with Crippen LogP contribution < -0.4 is 0 Å². The monoisotopic (exact) mass is 418 g/mol. The van der Waals surface area contributed by atoms with Crippen molar-refractivity contribution in [2.75, 3.05) is 31.6 Å². The average Bonchev–Trinajstić information content (AvgIpc) is 2.56. The fourth-order valence-electron chi connectivity index (χ4n) is 1.95. The molecule has 0 aromatic heterocycles. The first-order valence-corrected chi connectivity index (χ1v) is 13.5. The summed E-state index contributed by atoms with van der Waals surface area (Å²) in [4.78, 5) is 12.0. The molecule has 24 heavy (non-hydrogen) atoms. The third-order valence-corrected chi connectivity index (χ3v) is 12.0. The molecular formula is C15H32ClN2O3PS2. The smallest absolute Gasteiger partial charge is 0.275 e. The minimum atomic E-state index is -3.19. The highest BCUT2D eigenvalue weighted by Crippen LogP contribution is 2.64. The lowest BCUT2D eigenvalue weighted by Crippen LogP contribution is -2.33. The number of nitrogens with zero attached hydrogens (tertiary/aromatic N) is 2. The van der Waals surface area contributed by atoms with Gasteiger partial charge in [0, 0.05) is 28.9 Å². The second-order valence-electron chi connectivity index (χ2n) is 5.86. The molecule has 0 heterocycles. The molecule has 0 fully saturated rings. The van der Waals surface area contributed by atoms with Gasteiger partial charge in [0.15, 0.2) is 0 Å². The molecule has 9 heteroatoms. The number of alkyl halides is 1. The Morgan fingerprint density at radius 3 is 2.38 bits per heavy atom. The topological polar surface area (TPSA) is 57.7 Å². The number of rotatable bonds is 13. The van der Waals surface area contributed by atoms with Gasteiger partial charge in [-0.2, -0.15) is 0 Å². The van der Waals surface area contributed by atoms with E-state index in [1.165, 1.54) is 23.1 Å². The van der Waals surface area contributed by atoms with Crippen LogP contribution in [0.1, 0.15) is 52.9 Å². The SMILES string of the molecule is CCCCCCS(=O)CN(C)P(=O)(SC(C)CC)N(C)C(=O)CCl. The van der Waals surface area contributed by atoms with Gasteiger partial charge in [-0.3, -0.25) is 18.2 Å². The Hall–Kier alpha value is 0.450. The van der Waals surface area contributed by atoms with Crippen molar-refractivity contribution in [3.8, 4) is 0 Å². The van der Waals surface area contributed by atoms with Crippen molar-refractivity contribution in [2.45, 2.75) is 58.1 Å². The van der Waals surface area contributed by atoms with Gasteiger partial charge in [-0.15, -0.1) is 11.6 Å². The lowest BCUT2D eigenvalue weighted by molar-refractivity contribution is -0.123. The summed E-state index contributed by atoms with van der Waals surface area (Å²) in [5, 5.41) is 0.127. The molecular weight excluding hydrogens is 387 g/mol. The normalized spacial score (nSPS) is 16.6. The summed E-state index contributed by atoms with van der Waals surface area (Å²) >= 11 is 6.91. The van der Waals surface area contributed by atoms with Crippen molar-refractivity contribution in [1.82, 2.24) is 9.34 Å². The Labute approximate surface area is 158 Å². The maximum Gasteiger partial charge on any atom is 0.298 e. The number of carbonyl (C=O) groups is 1. The van der Waals surface area contributed by atoms with Crippen molar-refractivity contribution in [3.05, 3.63) is 0 Å². The molecule has 0 aliphatic rings. The molecule has 0 spiro atoms. The van der Waals surface area contributed by atoms with Gasteiger partial charge in [0.05, 0.1) is 5.88 Å². The molecule has 0 radical (unpaired) electrons. The highest BCUT2D eigenvalue weighted by atomic mass is 35.5. The molecule has 0 aliphatic carbocycles. The molecule has 144 valence electrons. The van der Waals surface area contributed by atoms with E-state index in [0.29, 0.717) is 5.75 Å². The molecule has 5 nitrogen and oxygen atoms in total. The first-order valence-electron chi connectivity index (χ1n) is 8.40. The van der Waals surface area contributed by atoms with Gasteiger partial charge in [0.25, 0.3) is 6.65 Å². The fraction of sp³-hybridized carbons (Fsp3) is 0.933. The zero-order chi connectivity index (χ0) is 18.8. The number of halogens is 1. The molecule has 0 bridgehead atoms. The second-order valence-corrected chi connectivity index (χ2v) is 13.0. The molecule has 0 rings (SSSR count). The zero-order valence-corrected chi connectivity index (χ0v) is 18.8. The minimum absolute atomic E-state index is 0.127. The van der Waals surface area contributed by atoms with Gasteiger partial charge in [0.1, 0.15) is 5.88 Å². The van der Waals surface area contributed by atoms with E-state index in [2.05, 4.69) is 6.92 Å². The highest BCUT2D eigenvalue weighted by Gasteiger charge is 2.38. The van der Waals surface area contributed by atoms with Crippen LogP contribution in [0.3, 0.4) is 0 Å². The van der Waals surface area contributed by atoms with Gasteiger partial charge in [-0.25, -0.2) is 4.67 Å². The molecule has 0 saturated heterocycles. The van der Waals surface area contributed by atoms with Gasteiger partial charge in [-0.1, -0.05) is 51.4 Å². The fourth-order valence-corrected chi connectivity index (χ4v) is 9.45. The van der Waals surface area contributed by atoms with Crippen LogP contribution in [-0.4, -0.2) is 56.3 Å². The molecule has 0 aromatic carbocycles. The van der Waals surface area contributed by atoms with Crippen LogP contribution in [0, 0.1) is 0 Å². The molecule has 0 N–H and O–H groups in total. The van der Waals surface area contributed by atoms with E-state index in [-0.39, 0.29) is 22.9 Å². The van der Waals surface area contributed by atoms with Crippen molar-refractivity contribution >= 4 is 46.3 Å². The quantitative estimate of drug-likeness (QED) is 0.249. The van der Waals surface area contributed by atoms with Gasteiger partial charge in [-0.05, 0) is 19.9 Å². The zero-order valence-electron chi connectivity index (χ0n) is 15.5. The molecule has 0 aromatic rings. The van der Waals surface area contributed by atoms with Gasteiger partial charge >= 0.3 is 0 Å². The number of hydrogen-bond acceptors (Lipinski definition) is 4. The first-order chi connectivity index (χ1) is 11.2. The van der Waals surface area contributed by atoms with Crippen LogP contribution in [0.4, 0.5) is 0 Å².